The van der Waals surface area contributed by atoms with E-state index in [1.807, 2.05) is 0 Å². The van der Waals surface area contributed by atoms with E-state index >= 15 is 0 Å². The van der Waals surface area contributed by atoms with Crippen molar-refractivity contribution in [3.63, 3.8) is 0 Å². The van der Waals surface area contributed by atoms with E-state index in [4.69, 9.17) is 4.65 Å². The summed E-state index contributed by atoms with van der Waals surface area (Å²) in [6.45, 7) is 15.0. The van der Waals surface area contributed by atoms with Crippen molar-refractivity contribution in [3.05, 3.63) is 131 Å². The van der Waals surface area contributed by atoms with Crippen LogP contribution in [0.3, 0.4) is 0 Å². The average Bonchev–Trinajstić information content (AvgIpc) is 3.10. The molecule has 0 fully saturated rings. The molecule has 0 amide bonds. The van der Waals surface area contributed by atoms with E-state index in [0.29, 0.717) is 16.7 Å². The first-order valence-electron chi connectivity index (χ1n) is 17.9. The number of quaternary nitrogens is 1. The molecule has 4 rings (SSSR count). The van der Waals surface area contributed by atoms with Crippen LogP contribution in [0.4, 0.5) is 13.2 Å². The van der Waals surface area contributed by atoms with Gasteiger partial charge in [0.1, 0.15) is 23.1 Å². The molecule has 1 N–H and O–H groups in total. The second kappa shape index (κ2) is 20.3. The lowest BCUT2D eigenvalue weighted by molar-refractivity contribution is -0.929. The van der Waals surface area contributed by atoms with Crippen molar-refractivity contribution in [3.8, 4) is 11.1 Å². The third kappa shape index (κ3) is 11.3. The first kappa shape index (κ1) is 40.0. The first-order chi connectivity index (χ1) is 23.6. The molecule has 4 aromatic carbocycles. The summed E-state index contributed by atoms with van der Waals surface area (Å²) in [5, 5.41) is 21.8. The summed E-state index contributed by atoms with van der Waals surface area (Å²) in [4.78, 5) is 0. The van der Waals surface area contributed by atoms with Gasteiger partial charge in [-0.3, -0.25) is 0 Å². The predicted molar refractivity (Wildman–Crippen MR) is 193 cm³/mol. The molecular formula is C41H53BF3NO3. The normalized spacial score (nSPS) is 11.6. The van der Waals surface area contributed by atoms with Crippen LogP contribution in [0.5, 0.6) is 0 Å². The minimum Gasteiger partial charge on any atom is -0.832 e. The summed E-state index contributed by atoms with van der Waals surface area (Å²) in [7, 11) is -2.54. The average molecular weight is 676 g/mol. The third-order valence-corrected chi connectivity index (χ3v) is 9.13. The van der Waals surface area contributed by atoms with E-state index in [1.165, 1.54) is 137 Å². The lowest BCUT2D eigenvalue weighted by Crippen LogP contribution is -2.50. The quantitative estimate of drug-likeness (QED) is 0.0650. The molecule has 0 saturated heterocycles. The van der Waals surface area contributed by atoms with Crippen LogP contribution in [0.15, 0.2) is 97.1 Å². The molecule has 0 aromatic heterocycles. The van der Waals surface area contributed by atoms with Gasteiger partial charge in [0.2, 0.25) is 0 Å². The largest absolute Gasteiger partial charge is 0.832 e. The molecule has 0 bridgehead atoms. The Morgan fingerprint density at radius 2 is 1.04 bits per heavy atom. The Morgan fingerprint density at radius 1 is 0.612 bits per heavy atom. The molecule has 0 atom stereocenters. The van der Waals surface area contributed by atoms with Crippen molar-refractivity contribution in [1.82, 2.24) is 0 Å². The number of nitrogens with zero attached hydrogens (tertiary/aromatic N) is 1. The Hall–Kier alpha value is -3.43. The monoisotopic (exact) mass is 675 g/mol. The maximum Gasteiger partial charge on any atom is 0.344 e. The molecule has 4 nitrogen and oxygen atoms in total. The topological polar surface area (TPSA) is 52.5 Å². The lowest BCUT2D eigenvalue weighted by Gasteiger charge is -2.40. The fourth-order valence-corrected chi connectivity index (χ4v) is 6.59. The molecule has 0 unspecified atom stereocenters. The van der Waals surface area contributed by atoms with Gasteiger partial charge in [-0.1, -0.05) is 114 Å². The van der Waals surface area contributed by atoms with Gasteiger partial charge in [-0.2, -0.15) is 0 Å². The number of hydrogen-bond donors (Lipinski definition) is 1. The molecule has 0 saturated carbocycles. The Morgan fingerprint density at radius 3 is 1.45 bits per heavy atom. The van der Waals surface area contributed by atoms with Crippen molar-refractivity contribution in [1.29, 1.82) is 0 Å². The Balaban J connectivity index is 0.000000326. The molecule has 0 radical (unpaired) electrons. The summed E-state index contributed by atoms with van der Waals surface area (Å²) < 4.78 is 49.6. The van der Waals surface area contributed by atoms with Crippen LogP contribution in [0.1, 0.15) is 95.8 Å². The Bertz CT molecular complexity index is 1470. The Kier molecular flexibility index (Phi) is 16.6. The summed E-state index contributed by atoms with van der Waals surface area (Å²) >= 11 is 0. The van der Waals surface area contributed by atoms with Crippen LogP contribution >= 0.6 is 0 Å². The summed E-state index contributed by atoms with van der Waals surface area (Å²) in [6.07, 6.45) is 11.1. The maximum absolute atomic E-state index is 14.3. The molecule has 0 spiro atoms. The van der Waals surface area contributed by atoms with E-state index in [1.54, 1.807) is 30.3 Å². The minimum atomic E-state index is -2.54. The highest BCUT2D eigenvalue weighted by atomic mass is 19.1. The van der Waals surface area contributed by atoms with E-state index in [9.17, 15) is 23.2 Å². The molecule has 49 heavy (non-hydrogen) atoms. The van der Waals surface area contributed by atoms with Gasteiger partial charge in [0, 0.05) is 0 Å². The fraction of sp³-hybridized carbons (Fsp3) is 0.415. The number of unbranched alkanes of at least 4 members (excludes halogenated alkanes) is 4. The summed E-state index contributed by atoms with van der Waals surface area (Å²) in [6, 6.07) is 23.0. The summed E-state index contributed by atoms with van der Waals surface area (Å²) in [5.41, 5.74) is -0.364. The van der Waals surface area contributed by atoms with E-state index in [0.717, 1.165) is 12.1 Å². The predicted octanol–water partition coefficient (Wildman–Crippen LogP) is 9.42. The highest BCUT2D eigenvalue weighted by Gasteiger charge is 2.40. The van der Waals surface area contributed by atoms with Crippen molar-refractivity contribution < 1.29 is 32.4 Å². The number of hydrogen-bond acceptors (Lipinski definition) is 3. The van der Waals surface area contributed by atoms with E-state index in [-0.39, 0.29) is 11.1 Å². The molecule has 0 aliphatic rings. The zero-order valence-electron chi connectivity index (χ0n) is 29.6. The molecule has 4 aromatic rings. The van der Waals surface area contributed by atoms with Crippen molar-refractivity contribution >= 4 is 7.32 Å². The van der Waals surface area contributed by atoms with Gasteiger partial charge < -0.3 is 19.2 Å². The van der Waals surface area contributed by atoms with Crippen LogP contribution < -0.4 is 5.02 Å². The van der Waals surface area contributed by atoms with Gasteiger partial charge in [0.05, 0.1) is 26.2 Å². The van der Waals surface area contributed by atoms with Crippen LogP contribution in [0.25, 0.3) is 11.1 Å². The van der Waals surface area contributed by atoms with Crippen molar-refractivity contribution in [2.24, 2.45) is 0 Å². The SMILES string of the molecule is CCCC[N+](CCCC)(CCCC)CCCC.[O-]B(O)OC(c1cccc(F)c1)(c1cccc(F)c1)c1ccccc1-c1cccc(F)c1. The highest BCUT2D eigenvalue weighted by molar-refractivity contribution is 6.30. The zero-order chi connectivity index (χ0) is 35.7. The Labute approximate surface area is 292 Å². The molecule has 0 aliphatic heterocycles. The van der Waals surface area contributed by atoms with Gasteiger partial charge in [0.25, 0.3) is 0 Å². The molecule has 0 aliphatic carbocycles. The molecule has 264 valence electrons. The number of rotatable bonds is 18. The number of halogens is 3. The van der Waals surface area contributed by atoms with Crippen LogP contribution in [-0.2, 0) is 10.3 Å². The highest BCUT2D eigenvalue weighted by Crippen LogP contribution is 2.45. The fourth-order valence-electron chi connectivity index (χ4n) is 6.59. The molecule has 8 heteroatoms. The van der Waals surface area contributed by atoms with Crippen molar-refractivity contribution in [2.45, 2.75) is 84.7 Å². The van der Waals surface area contributed by atoms with E-state index in [2.05, 4.69) is 27.7 Å². The van der Waals surface area contributed by atoms with Gasteiger partial charge >= 0.3 is 7.32 Å². The lowest BCUT2D eigenvalue weighted by atomic mass is 9.76. The number of benzene rings is 4. The molecule has 0 heterocycles. The van der Waals surface area contributed by atoms with Gasteiger partial charge in [-0.15, -0.1) is 0 Å². The molecular weight excluding hydrogens is 622 g/mol. The van der Waals surface area contributed by atoms with Crippen molar-refractivity contribution in [2.75, 3.05) is 26.2 Å². The van der Waals surface area contributed by atoms with E-state index < -0.39 is 30.4 Å². The standard InChI is InChI=1S/C25H17BF3O3.C16H36N/c27-20-9-3-6-17(14-20)23-12-1-2-13-24(23)25(32-26(30)31,18-7-4-10-21(28)15-18)19-8-5-11-22(29)16-19;1-5-9-13-17(14-10-6-2,15-11-7-3)16-12-8-4/h1-16,30H;5-16H2,1-4H3/q-1;+1. The smallest absolute Gasteiger partial charge is 0.344 e. The second-order valence-corrected chi connectivity index (χ2v) is 12.8. The van der Waals surface area contributed by atoms with Gasteiger partial charge in [-0.25, -0.2) is 13.2 Å². The maximum atomic E-state index is 14.3. The van der Waals surface area contributed by atoms with Crippen LogP contribution in [-0.4, -0.2) is 43.0 Å². The van der Waals surface area contributed by atoms with Crippen LogP contribution in [0.2, 0.25) is 0 Å². The summed E-state index contributed by atoms with van der Waals surface area (Å²) in [5.74, 6) is -1.71. The van der Waals surface area contributed by atoms with Gasteiger partial charge in [0.15, 0.2) is 0 Å². The first-order valence-corrected chi connectivity index (χ1v) is 17.9. The third-order valence-electron chi connectivity index (χ3n) is 9.13. The second-order valence-electron chi connectivity index (χ2n) is 12.8. The van der Waals surface area contributed by atoms with Crippen LogP contribution in [0, 0.1) is 17.5 Å². The zero-order valence-corrected chi connectivity index (χ0v) is 29.6. The minimum absolute atomic E-state index is 0.154. The van der Waals surface area contributed by atoms with Gasteiger partial charge in [-0.05, 0) is 89.9 Å².